The summed E-state index contributed by atoms with van der Waals surface area (Å²) in [5, 5.41) is 2.31. The van der Waals surface area contributed by atoms with Gasteiger partial charge in [0.1, 0.15) is 11.9 Å². The molecule has 108 valence electrons. The molecule has 21 heavy (non-hydrogen) atoms. The summed E-state index contributed by atoms with van der Waals surface area (Å²) in [6.07, 6.45) is 2.30. The van der Waals surface area contributed by atoms with Gasteiger partial charge in [-0.1, -0.05) is 36.9 Å². The Hall–Kier alpha value is -2.29. The molecule has 1 heterocycles. The third kappa shape index (κ3) is 2.64. The van der Waals surface area contributed by atoms with Crippen molar-refractivity contribution >= 4 is 16.7 Å². The highest BCUT2D eigenvalue weighted by Gasteiger charge is 2.26. The van der Waals surface area contributed by atoms with Gasteiger partial charge in [-0.15, -0.1) is 0 Å². The van der Waals surface area contributed by atoms with Crippen LogP contribution in [0.5, 0.6) is 5.75 Å². The van der Waals surface area contributed by atoms with Crippen molar-refractivity contribution < 1.29 is 14.3 Å². The monoisotopic (exact) mass is 282 g/mol. The lowest BCUT2D eigenvalue weighted by Gasteiger charge is -2.12. The maximum Gasteiger partial charge on any atom is 0.333 e. The predicted molar refractivity (Wildman–Crippen MR) is 82.5 cm³/mol. The van der Waals surface area contributed by atoms with Gasteiger partial charge in [-0.05, 0) is 29.9 Å². The first-order valence-corrected chi connectivity index (χ1v) is 7.12. The van der Waals surface area contributed by atoms with Crippen molar-refractivity contribution in [1.29, 1.82) is 0 Å². The quantitative estimate of drug-likeness (QED) is 0.634. The van der Waals surface area contributed by atoms with E-state index in [0.29, 0.717) is 12.0 Å². The fourth-order valence-electron chi connectivity index (χ4n) is 2.84. The molecule has 0 aliphatic carbocycles. The topological polar surface area (TPSA) is 35.5 Å². The Labute approximate surface area is 124 Å². The molecule has 0 N–H and O–H groups in total. The van der Waals surface area contributed by atoms with Crippen LogP contribution in [0.3, 0.4) is 0 Å². The number of cyclic esters (lactones) is 1. The molecule has 1 atom stereocenters. The fourth-order valence-corrected chi connectivity index (χ4v) is 2.84. The van der Waals surface area contributed by atoms with Crippen LogP contribution in [0.15, 0.2) is 48.6 Å². The van der Waals surface area contributed by atoms with Crippen LogP contribution in [-0.4, -0.2) is 19.2 Å². The molecule has 0 radical (unpaired) electrons. The number of carbonyl (C=O) groups is 1. The van der Waals surface area contributed by atoms with E-state index < -0.39 is 0 Å². The van der Waals surface area contributed by atoms with E-state index in [2.05, 4.69) is 24.8 Å². The van der Waals surface area contributed by atoms with Crippen molar-refractivity contribution in [3.63, 3.8) is 0 Å². The number of ether oxygens (including phenoxy) is 2. The third-order valence-corrected chi connectivity index (χ3v) is 3.97. The molecule has 0 aromatic heterocycles. The van der Waals surface area contributed by atoms with Crippen LogP contribution in [0.1, 0.15) is 18.4 Å². The minimum Gasteiger partial charge on any atom is -0.496 e. The first-order chi connectivity index (χ1) is 10.2. The molecule has 1 aliphatic rings. The molecule has 0 saturated carbocycles. The van der Waals surface area contributed by atoms with E-state index in [9.17, 15) is 4.79 Å². The number of aryl methyl sites for hydroxylation is 1. The molecule has 3 nitrogen and oxygen atoms in total. The van der Waals surface area contributed by atoms with Crippen LogP contribution >= 0.6 is 0 Å². The van der Waals surface area contributed by atoms with Crippen molar-refractivity contribution in [2.45, 2.75) is 25.4 Å². The van der Waals surface area contributed by atoms with Crippen LogP contribution in [0.2, 0.25) is 0 Å². The van der Waals surface area contributed by atoms with Gasteiger partial charge in [0, 0.05) is 17.4 Å². The largest absolute Gasteiger partial charge is 0.496 e. The molecule has 3 heteroatoms. The summed E-state index contributed by atoms with van der Waals surface area (Å²) in [5.41, 5.74) is 1.83. The highest BCUT2D eigenvalue weighted by Crippen LogP contribution is 2.30. The van der Waals surface area contributed by atoms with Crippen molar-refractivity contribution in [3.05, 3.63) is 54.1 Å². The average Bonchev–Trinajstić information content (AvgIpc) is 2.83. The smallest absolute Gasteiger partial charge is 0.333 e. The Morgan fingerprint density at radius 3 is 2.67 bits per heavy atom. The van der Waals surface area contributed by atoms with Gasteiger partial charge in [0.15, 0.2) is 0 Å². The maximum absolute atomic E-state index is 11.4. The minimum absolute atomic E-state index is 0.0362. The van der Waals surface area contributed by atoms with E-state index in [1.165, 1.54) is 10.9 Å². The molecular weight excluding hydrogens is 264 g/mol. The molecule has 3 rings (SSSR count). The number of carbonyl (C=O) groups excluding carboxylic acids is 1. The third-order valence-electron chi connectivity index (χ3n) is 3.97. The Morgan fingerprint density at radius 1 is 1.24 bits per heavy atom. The standard InChI is InChI=1S/C18H18O3/c1-12-11-14(21-18(12)19)9-7-13-8-10-17(20-2)16-6-4-3-5-15(13)16/h3-6,8,10,14H,1,7,9,11H2,2H3. The van der Waals surface area contributed by atoms with E-state index in [1.807, 2.05) is 18.2 Å². The molecular formula is C18H18O3. The fraction of sp³-hybridized carbons (Fsp3) is 0.278. The summed E-state index contributed by atoms with van der Waals surface area (Å²) < 4.78 is 10.7. The van der Waals surface area contributed by atoms with E-state index in [-0.39, 0.29) is 12.1 Å². The van der Waals surface area contributed by atoms with Gasteiger partial charge in [-0.3, -0.25) is 0 Å². The van der Waals surface area contributed by atoms with E-state index >= 15 is 0 Å². The summed E-state index contributed by atoms with van der Waals surface area (Å²) in [6.45, 7) is 3.72. The number of methoxy groups -OCH3 is 1. The molecule has 1 unspecified atom stereocenters. The van der Waals surface area contributed by atoms with Crippen molar-refractivity contribution in [2.24, 2.45) is 0 Å². The van der Waals surface area contributed by atoms with E-state index in [1.54, 1.807) is 7.11 Å². The van der Waals surface area contributed by atoms with Gasteiger partial charge in [0.05, 0.1) is 7.11 Å². The first kappa shape index (κ1) is 13.7. The van der Waals surface area contributed by atoms with Gasteiger partial charge >= 0.3 is 5.97 Å². The highest BCUT2D eigenvalue weighted by molar-refractivity contribution is 5.91. The summed E-state index contributed by atoms with van der Waals surface area (Å²) in [7, 11) is 1.69. The van der Waals surface area contributed by atoms with Crippen molar-refractivity contribution in [2.75, 3.05) is 7.11 Å². The summed E-state index contributed by atoms with van der Waals surface area (Å²) in [5.74, 6) is 0.634. The zero-order chi connectivity index (χ0) is 14.8. The van der Waals surface area contributed by atoms with Crippen molar-refractivity contribution in [1.82, 2.24) is 0 Å². The second-order valence-corrected chi connectivity index (χ2v) is 5.35. The highest BCUT2D eigenvalue weighted by atomic mass is 16.5. The number of hydrogen-bond donors (Lipinski definition) is 0. The van der Waals surface area contributed by atoms with Crippen molar-refractivity contribution in [3.8, 4) is 5.75 Å². The van der Waals surface area contributed by atoms with E-state index in [0.717, 1.165) is 24.0 Å². The number of benzene rings is 2. The lowest BCUT2D eigenvalue weighted by Crippen LogP contribution is -2.08. The molecule has 1 saturated heterocycles. The van der Waals surface area contributed by atoms with Gasteiger partial charge in [0.25, 0.3) is 0 Å². The van der Waals surface area contributed by atoms with Gasteiger partial charge in [-0.2, -0.15) is 0 Å². The second-order valence-electron chi connectivity index (χ2n) is 5.35. The molecule has 0 spiro atoms. The lowest BCUT2D eigenvalue weighted by molar-refractivity contribution is -0.138. The zero-order valence-electron chi connectivity index (χ0n) is 12.1. The van der Waals surface area contributed by atoms with Crippen LogP contribution < -0.4 is 4.74 Å². The normalized spacial score (nSPS) is 18.0. The average molecular weight is 282 g/mol. The van der Waals surface area contributed by atoms with Gasteiger partial charge in [-0.25, -0.2) is 4.79 Å². The second kappa shape index (κ2) is 5.60. The number of esters is 1. The van der Waals surface area contributed by atoms with Crippen LogP contribution in [0, 0.1) is 0 Å². The van der Waals surface area contributed by atoms with Gasteiger partial charge < -0.3 is 9.47 Å². The van der Waals surface area contributed by atoms with Crippen LogP contribution in [0.4, 0.5) is 0 Å². The summed E-state index contributed by atoms with van der Waals surface area (Å²) in [6, 6.07) is 12.3. The van der Waals surface area contributed by atoms with Gasteiger partial charge in [0.2, 0.25) is 0 Å². The summed E-state index contributed by atoms with van der Waals surface area (Å²) >= 11 is 0. The molecule has 0 bridgehead atoms. The Balaban J connectivity index is 1.82. The number of fused-ring (bicyclic) bond motifs is 1. The molecule has 1 aliphatic heterocycles. The number of rotatable bonds is 4. The SMILES string of the molecule is C=C1CC(CCc2ccc(OC)c3ccccc23)OC1=O. The molecule has 2 aromatic rings. The lowest BCUT2D eigenvalue weighted by atomic mass is 9.98. The zero-order valence-corrected chi connectivity index (χ0v) is 12.1. The maximum atomic E-state index is 11.4. The Kier molecular flexibility index (Phi) is 3.65. The number of hydrogen-bond acceptors (Lipinski definition) is 3. The van der Waals surface area contributed by atoms with Crippen LogP contribution in [-0.2, 0) is 16.0 Å². The molecule has 0 amide bonds. The summed E-state index contributed by atoms with van der Waals surface area (Å²) in [4.78, 5) is 11.4. The first-order valence-electron chi connectivity index (χ1n) is 7.12. The molecule has 1 fully saturated rings. The minimum atomic E-state index is -0.250. The predicted octanol–water partition coefficient (Wildman–Crippen LogP) is 3.65. The van der Waals surface area contributed by atoms with Crippen LogP contribution in [0.25, 0.3) is 10.8 Å². The van der Waals surface area contributed by atoms with E-state index in [4.69, 9.17) is 9.47 Å². The molecule has 2 aromatic carbocycles. The Bertz CT molecular complexity index is 687. The Morgan fingerprint density at radius 2 is 2.00 bits per heavy atom.